The third kappa shape index (κ3) is 4.97. The lowest BCUT2D eigenvalue weighted by Crippen LogP contribution is -2.33. The van der Waals surface area contributed by atoms with Gasteiger partial charge in [0.1, 0.15) is 0 Å². The van der Waals surface area contributed by atoms with Crippen molar-refractivity contribution < 1.29 is 0 Å². The number of fused-ring (bicyclic) bond motifs is 2. The van der Waals surface area contributed by atoms with Crippen LogP contribution in [0.4, 0.5) is 0 Å². The van der Waals surface area contributed by atoms with Gasteiger partial charge in [0.05, 0.1) is 5.41 Å². The van der Waals surface area contributed by atoms with Crippen LogP contribution >= 0.6 is 23.2 Å². The summed E-state index contributed by atoms with van der Waals surface area (Å²) in [5.74, 6) is 0. The maximum Gasteiger partial charge on any atom is 0.0716 e. The number of allylic oxidation sites excluding steroid dienone is 5. The Balaban J connectivity index is 1.60. The predicted molar refractivity (Wildman–Crippen MR) is 213 cm³/mol. The summed E-state index contributed by atoms with van der Waals surface area (Å²) in [6.45, 7) is 9.39. The van der Waals surface area contributed by atoms with Crippen molar-refractivity contribution in [3.8, 4) is 11.1 Å². The van der Waals surface area contributed by atoms with Crippen LogP contribution in [0, 0.1) is 5.41 Å². The van der Waals surface area contributed by atoms with Gasteiger partial charge in [-0.1, -0.05) is 170 Å². The van der Waals surface area contributed by atoms with Crippen molar-refractivity contribution in [1.82, 2.24) is 0 Å². The number of hydrogen-bond acceptors (Lipinski definition) is 0. The second kappa shape index (κ2) is 12.5. The molecule has 2 aliphatic rings. The van der Waals surface area contributed by atoms with Gasteiger partial charge in [0.25, 0.3) is 0 Å². The Morgan fingerprint density at radius 2 is 0.980 bits per heavy atom. The fourth-order valence-electron chi connectivity index (χ4n) is 8.81. The van der Waals surface area contributed by atoms with Crippen molar-refractivity contribution in [3.63, 3.8) is 0 Å². The molecule has 2 heteroatoms. The van der Waals surface area contributed by atoms with Crippen LogP contribution in [0.3, 0.4) is 0 Å². The zero-order valence-electron chi connectivity index (χ0n) is 28.8. The number of benzene rings is 6. The molecule has 6 aromatic rings. The van der Waals surface area contributed by atoms with E-state index >= 15 is 0 Å². The summed E-state index contributed by atoms with van der Waals surface area (Å²) in [5, 5.41) is 1.44. The molecule has 2 aliphatic carbocycles. The van der Waals surface area contributed by atoms with Crippen LogP contribution in [-0.2, 0) is 5.41 Å². The fraction of sp³-hybridized carbons (Fsp3) is 0.125. The van der Waals surface area contributed by atoms with Crippen molar-refractivity contribution in [1.29, 1.82) is 0 Å². The zero-order valence-corrected chi connectivity index (χ0v) is 30.3. The first kappa shape index (κ1) is 32.3. The molecule has 0 aliphatic heterocycles. The Morgan fingerprint density at radius 3 is 1.46 bits per heavy atom. The van der Waals surface area contributed by atoms with Gasteiger partial charge < -0.3 is 0 Å². The highest BCUT2D eigenvalue weighted by molar-refractivity contribution is 6.31. The zero-order chi connectivity index (χ0) is 34.6. The van der Waals surface area contributed by atoms with Gasteiger partial charge in [0.2, 0.25) is 0 Å². The molecular formula is C48H38Cl2. The van der Waals surface area contributed by atoms with Crippen molar-refractivity contribution >= 4 is 34.3 Å². The van der Waals surface area contributed by atoms with Crippen LogP contribution in [0.5, 0.6) is 0 Å². The van der Waals surface area contributed by atoms with Crippen molar-refractivity contribution in [3.05, 3.63) is 223 Å². The average molecular weight is 686 g/mol. The second-order valence-electron chi connectivity index (χ2n) is 14.1. The van der Waals surface area contributed by atoms with Gasteiger partial charge in [0, 0.05) is 15.5 Å². The van der Waals surface area contributed by atoms with Gasteiger partial charge >= 0.3 is 0 Å². The van der Waals surface area contributed by atoms with Crippen molar-refractivity contribution in [2.75, 3.05) is 0 Å². The molecule has 0 spiro atoms. The molecule has 0 nitrogen and oxygen atoms in total. The minimum Gasteiger partial charge on any atom is -0.0843 e. The van der Waals surface area contributed by atoms with E-state index in [1.807, 2.05) is 24.3 Å². The van der Waals surface area contributed by atoms with E-state index in [1.54, 1.807) is 0 Å². The monoisotopic (exact) mass is 684 g/mol. The molecule has 0 fully saturated rings. The van der Waals surface area contributed by atoms with E-state index in [2.05, 4.69) is 161 Å². The Kier molecular flexibility index (Phi) is 8.06. The Morgan fingerprint density at radius 1 is 0.500 bits per heavy atom. The highest BCUT2D eigenvalue weighted by Crippen LogP contribution is 2.69. The van der Waals surface area contributed by atoms with E-state index in [0.717, 1.165) is 21.2 Å². The SMILES string of the molecule is CC(C)=C1C2=C(C(=C(c3ccc(Cl)cc3)c3ccc(Cl)cc3)C1(C)C)c1ccc(-c3ccccc3)cc1C2(c1ccccc1)c1ccccc1. The van der Waals surface area contributed by atoms with E-state index in [0.29, 0.717) is 0 Å². The van der Waals surface area contributed by atoms with Crippen LogP contribution in [0.15, 0.2) is 180 Å². The summed E-state index contributed by atoms with van der Waals surface area (Å²) in [6, 6.07) is 56.8. The van der Waals surface area contributed by atoms with Gasteiger partial charge in [-0.15, -0.1) is 0 Å². The topological polar surface area (TPSA) is 0 Å². The molecule has 0 saturated carbocycles. The van der Waals surface area contributed by atoms with E-state index in [4.69, 9.17) is 23.2 Å². The summed E-state index contributed by atoms with van der Waals surface area (Å²) in [7, 11) is 0. The highest BCUT2D eigenvalue weighted by atomic mass is 35.5. The molecule has 0 heterocycles. The Bertz CT molecular complexity index is 2230. The van der Waals surface area contributed by atoms with Crippen LogP contribution in [0.1, 0.15) is 61.1 Å². The van der Waals surface area contributed by atoms with Crippen LogP contribution in [-0.4, -0.2) is 0 Å². The molecular weight excluding hydrogens is 647 g/mol. The molecule has 50 heavy (non-hydrogen) atoms. The average Bonchev–Trinajstić information content (AvgIpc) is 3.55. The largest absolute Gasteiger partial charge is 0.0843 e. The molecule has 244 valence electrons. The standard InChI is InChI=1S/C48H38Cl2/c1-31(2)44-46-43(45(47(44,3)4)42(33-20-25-38(49)26-21-33)34-22-27-39(50)28-23-34)40-29-24-35(32-14-8-5-9-15-32)30-41(40)48(46,36-16-10-6-11-17-36)37-18-12-7-13-19-37/h5-30H,1-4H3. The molecule has 0 atom stereocenters. The predicted octanol–water partition coefficient (Wildman–Crippen LogP) is 13.6. The van der Waals surface area contributed by atoms with E-state index in [9.17, 15) is 0 Å². The van der Waals surface area contributed by atoms with Crippen LogP contribution in [0.25, 0.3) is 22.3 Å². The van der Waals surface area contributed by atoms with Crippen molar-refractivity contribution in [2.24, 2.45) is 5.41 Å². The molecule has 0 unspecified atom stereocenters. The lowest BCUT2D eigenvalue weighted by atomic mass is 9.62. The first-order valence-electron chi connectivity index (χ1n) is 17.2. The molecule has 6 aromatic carbocycles. The third-order valence-electron chi connectivity index (χ3n) is 10.6. The molecule has 8 rings (SSSR count). The molecule has 0 radical (unpaired) electrons. The van der Waals surface area contributed by atoms with E-state index in [-0.39, 0.29) is 5.41 Å². The van der Waals surface area contributed by atoms with E-state index in [1.165, 1.54) is 66.8 Å². The maximum atomic E-state index is 6.51. The molecule has 0 bridgehead atoms. The Hall–Kier alpha value is -4.88. The summed E-state index contributed by atoms with van der Waals surface area (Å²) in [5.41, 5.74) is 16.8. The quantitative estimate of drug-likeness (QED) is 0.169. The van der Waals surface area contributed by atoms with Gasteiger partial charge in [-0.25, -0.2) is 0 Å². The first-order chi connectivity index (χ1) is 24.2. The molecule has 0 N–H and O–H groups in total. The van der Waals surface area contributed by atoms with E-state index < -0.39 is 5.41 Å². The van der Waals surface area contributed by atoms with Gasteiger partial charge in [-0.3, -0.25) is 0 Å². The van der Waals surface area contributed by atoms with Gasteiger partial charge in [0.15, 0.2) is 0 Å². The second-order valence-corrected chi connectivity index (χ2v) is 15.0. The maximum absolute atomic E-state index is 6.51. The lowest BCUT2D eigenvalue weighted by molar-refractivity contribution is 0.557. The smallest absolute Gasteiger partial charge is 0.0716 e. The molecule has 0 saturated heterocycles. The number of hydrogen-bond donors (Lipinski definition) is 0. The normalized spacial score (nSPS) is 15.6. The summed E-state index contributed by atoms with van der Waals surface area (Å²) >= 11 is 13.0. The van der Waals surface area contributed by atoms with Crippen molar-refractivity contribution in [2.45, 2.75) is 33.1 Å². The first-order valence-corrected chi connectivity index (χ1v) is 18.0. The van der Waals surface area contributed by atoms with Gasteiger partial charge in [-0.2, -0.15) is 0 Å². The van der Waals surface area contributed by atoms with Crippen LogP contribution in [0.2, 0.25) is 10.0 Å². The molecule has 0 amide bonds. The highest BCUT2D eigenvalue weighted by Gasteiger charge is 2.57. The summed E-state index contributed by atoms with van der Waals surface area (Å²) in [6.07, 6.45) is 0. The van der Waals surface area contributed by atoms with Gasteiger partial charge in [-0.05, 0) is 117 Å². The minimum absolute atomic E-state index is 0.345. The lowest BCUT2D eigenvalue weighted by Gasteiger charge is -2.40. The number of rotatable bonds is 5. The third-order valence-corrected chi connectivity index (χ3v) is 11.1. The number of halogens is 2. The molecule has 0 aromatic heterocycles. The summed E-state index contributed by atoms with van der Waals surface area (Å²) in [4.78, 5) is 0. The minimum atomic E-state index is -0.561. The van der Waals surface area contributed by atoms with Crippen LogP contribution < -0.4 is 0 Å². The fourth-order valence-corrected chi connectivity index (χ4v) is 9.06. The summed E-state index contributed by atoms with van der Waals surface area (Å²) < 4.78 is 0. The Labute approximate surface area is 306 Å².